The fraction of sp³-hybridized carbons (Fsp3) is 0.450. The highest BCUT2D eigenvalue weighted by Crippen LogP contribution is 2.51. The maximum atomic E-state index is 12.8. The molecule has 0 saturated carbocycles. The minimum absolute atomic E-state index is 0.0684. The van der Waals surface area contributed by atoms with Crippen molar-refractivity contribution in [1.82, 2.24) is 0 Å². The van der Waals surface area contributed by atoms with Gasteiger partial charge in [-0.3, -0.25) is 4.90 Å². The van der Waals surface area contributed by atoms with E-state index in [1.165, 1.54) is 0 Å². The Labute approximate surface area is 167 Å². The van der Waals surface area contributed by atoms with Crippen molar-refractivity contribution in [3.8, 4) is 5.75 Å². The molecular weight excluding hydrogens is 414 g/mol. The number of carbonyl (C=O) groups is 1. The molecule has 0 unspecified atom stereocenters. The van der Waals surface area contributed by atoms with Crippen molar-refractivity contribution in [2.24, 2.45) is 0 Å². The number of carbonyl (C=O) groups excluding carboxylic acids is 1. The first-order valence-electron chi connectivity index (χ1n) is 8.75. The Kier molecular flexibility index (Phi) is 5.65. The predicted molar refractivity (Wildman–Crippen MR) is 108 cm³/mol. The Morgan fingerprint density at radius 3 is 2.56 bits per heavy atom. The summed E-state index contributed by atoms with van der Waals surface area (Å²) in [5.74, 6) is 0.392. The minimum Gasteiger partial charge on any atom is -0.466 e. The second-order valence-corrected chi connectivity index (χ2v) is 8.27. The van der Waals surface area contributed by atoms with Crippen LogP contribution >= 0.6 is 15.9 Å². The summed E-state index contributed by atoms with van der Waals surface area (Å²) in [6.07, 6.45) is -0.451. The summed E-state index contributed by atoms with van der Waals surface area (Å²) >= 11 is 3.62. The highest BCUT2D eigenvalue weighted by molar-refractivity contribution is 9.10. The molecule has 0 radical (unpaired) electrons. The Morgan fingerprint density at radius 2 is 1.96 bits per heavy atom. The van der Waals surface area contributed by atoms with E-state index in [0.29, 0.717) is 22.5 Å². The van der Waals surface area contributed by atoms with Crippen LogP contribution < -0.4 is 9.64 Å². The standard InChI is InChI=1S/C20H24BrNO5/c1-20(2,3)27-19(24)22-9-12(10-23)15-13-7-5-6-8-14(13)18(26-11-25-4)16(21)17(15)22/h5-8,12,23H,9-11H2,1-4H3/t12-/m0/s1. The van der Waals surface area contributed by atoms with Crippen LogP contribution in [-0.4, -0.2) is 43.9 Å². The maximum absolute atomic E-state index is 12.8. The van der Waals surface area contributed by atoms with Crippen LogP contribution in [0.2, 0.25) is 0 Å². The lowest BCUT2D eigenvalue weighted by Gasteiger charge is -2.26. The normalized spacial score (nSPS) is 16.5. The van der Waals surface area contributed by atoms with Crippen molar-refractivity contribution in [3.63, 3.8) is 0 Å². The fourth-order valence-electron chi connectivity index (χ4n) is 3.36. The van der Waals surface area contributed by atoms with Crippen LogP contribution in [0.15, 0.2) is 28.7 Å². The predicted octanol–water partition coefficient (Wildman–Crippen LogP) is 4.42. The summed E-state index contributed by atoms with van der Waals surface area (Å²) in [5, 5.41) is 11.8. The summed E-state index contributed by atoms with van der Waals surface area (Å²) < 4.78 is 17.1. The third kappa shape index (κ3) is 3.77. The molecule has 3 rings (SSSR count). The third-order valence-electron chi connectivity index (χ3n) is 4.36. The highest BCUT2D eigenvalue weighted by atomic mass is 79.9. The smallest absolute Gasteiger partial charge is 0.414 e. The van der Waals surface area contributed by atoms with Crippen molar-refractivity contribution < 1.29 is 24.1 Å². The average Bonchev–Trinajstić information content (AvgIpc) is 3.00. The molecule has 0 fully saturated rings. The summed E-state index contributed by atoms with van der Waals surface area (Å²) in [6, 6.07) is 7.79. The number of anilines is 1. The molecule has 27 heavy (non-hydrogen) atoms. The Hall–Kier alpha value is -1.83. The number of aliphatic hydroxyl groups is 1. The first-order valence-corrected chi connectivity index (χ1v) is 9.55. The van der Waals surface area contributed by atoms with Crippen molar-refractivity contribution in [2.45, 2.75) is 32.3 Å². The third-order valence-corrected chi connectivity index (χ3v) is 5.10. The lowest BCUT2D eigenvalue weighted by Crippen LogP contribution is -2.36. The molecule has 2 aromatic rings. The SMILES string of the molecule is COCOc1c(Br)c2c(c3ccccc13)[C@H](CO)CN2C(=O)OC(C)(C)C. The topological polar surface area (TPSA) is 68.2 Å². The van der Waals surface area contributed by atoms with E-state index >= 15 is 0 Å². The Morgan fingerprint density at radius 1 is 1.30 bits per heavy atom. The zero-order valence-electron chi connectivity index (χ0n) is 15.9. The summed E-state index contributed by atoms with van der Waals surface area (Å²) in [7, 11) is 1.55. The van der Waals surface area contributed by atoms with Gasteiger partial charge in [-0.25, -0.2) is 4.79 Å². The van der Waals surface area contributed by atoms with Gasteiger partial charge in [-0.05, 0) is 47.7 Å². The van der Waals surface area contributed by atoms with E-state index in [4.69, 9.17) is 14.2 Å². The molecule has 0 aromatic heterocycles. The van der Waals surface area contributed by atoms with Gasteiger partial charge in [0.15, 0.2) is 6.79 Å². The van der Waals surface area contributed by atoms with E-state index in [0.717, 1.165) is 16.3 Å². The number of ether oxygens (including phenoxy) is 3. The Bertz CT molecular complexity index is 862. The summed E-state index contributed by atoms with van der Waals surface area (Å²) in [6.45, 7) is 5.84. The first kappa shape index (κ1) is 19.9. The number of nitrogens with zero attached hydrogens (tertiary/aromatic N) is 1. The van der Waals surface area contributed by atoms with Gasteiger partial charge in [0.2, 0.25) is 0 Å². The second kappa shape index (κ2) is 7.66. The number of amides is 1. The van der Waals surface area contributed by atoms with Crippen LogP contribution in [0, 0.1) is 0 Å². The van der Waals surface area contributed by atoms with Crippen molar-refractivity contribution in [3.05, 3.63) is 34.3 Å². The van der Waals surface area contributed by atoms with Crippen LogP contribution in [0.5, 0.6) is 5.75 Å². The molecule has 0 spiro atoms. The van der Waals surface area contributed by atoms with Crippen LogP contribution in [0.4, 0.5) is 10.5 Å². The van der Waals surface area contributed by atoms with Crippen molar-refractivity contribution in [2.75, 3.05) is 32.0 Å². The highest BCUT2D eigenvalue weighted by Gasteiger charge is 2.39. The van der Waals surface area contributed by atoms with Gasteiger partial charge in [-0.1, -0.05) is 24.3 Å². The minimum atomic E-state index is -0.618. The summed E-state index contributed by atoms with van der Waals surface area (Å²) in [5.41, 5.74) is 0.969. The number of hydrogen-bond donors (Lipinski definition) is 1. The quantitative estimate of drug-likeness (QED) is 0.717. The number of halogens is 1. The molecule has 7 heteroatoms. The number of benzene rings is 2. The van der Waals surface area contributed by atoms with Crippen LogP contribution in [-0.2, 0) is 9.47 Å². The molecule has 1 amide bonds. The molecule has 0 saturated heterocycles. The van der Waals surface area contributed by atoms with E-state index in [9.17, 15) is 9.90 Å². The Balaban J connectivity index is 2.21. The zero-order chi connectivity index (χ0) is 19.8. The lowest BCUT2D eigenvalue weighted by atomic mass is 9.95. The van der Waals surface area contributed by atoms with Gasteiger partial charge in [0.25, 0.3) is 0 Å². The molecule has 0 aliphatic carbocycles. The van der Waals surface area contributed by atoms with Gasteiger partial charge in [-0.15, -0.1) is 0 Å². The van der Waals surface area contributed by atoms with Gasteiger partial charge in [-0.2, -0.15) is 0 Å². The van der Waals surface area contributed by atoms with Crippen LogP contribution in [0.25, 0.3) is 10.8 Å². The fourth-order valence-corrected chi connectivity index (χ4v) is 4.11. The molecule has 1 N–H and O–H groups in total. The van der Waals surface area contributed by atoms with Crippen molar-refractivity contribution in [1.29, 1.82) is 0 Å². The number of hydrogen-bond acceptors (Lipinski definition) is 5. The van der Waals surface area contributed by atoms with E-state index in [-0.39, 0.29) is 19.3 Å². The number of fused-ring (bicyclic) bond motifs is 3. The van der Waals surface area contributed by atoms with Gasteiger partial charge < -0.3 is 19.3 Å². The molecular formula is C20H24BrNO5. The monoisotopic (exact) mass is 437 g/mol. The van der Waals surface area contributed by atoms with Crippen LogP contribution in [0.3, 0.4) is 0 Å². The number of rotatable bonds is 4. The van der Waals surface area contributed by atoms with E-state index in [1.807, 2.05) is 45.0 Å². The lowest BCUT2D eigenvalue weighted by molar-refractivity contribution is 0.0517. The molecule has 1 atom stereocenters. The number of aliphatic hydroxyl groups excluding tert-OH is 1. The molecule has 6 nitrogen and oxygen atoms in total. The van der Waals surface area contributed by atoms with Gasteiger partial charge in [0.1, 0.15) is 11.4 Å². The molecule has 1 aliphatic heterocycles. The van der Waals surface area contributed by atoms with Crippen LogP contribution in [0.1, 0.15) is 32.3 Å². The van der Waals surface area contributed by atoms with Gasteiger partial charge in [0, 0.05) is 25.0 Å². The molecule has 1 aliphatic rings. The number of methoxy groups -OCH3 is 1. The van der Waals surface area contributed by atoms with E-state index in [2.05, 4.69) is 15.9 Å². The molecule has 1 heterocycles. The van der Waals surface area contributed by atoms with E-state index < -0.39 is 11.7 Å². The van der Waals surface area contributed by atoms with Gasteiger partial charge >= 0.3 is 6.09 Å². The first-order chi connectivity index (χ1) is 12.8. The largest absolute Gasteiger partial charge is 0.466 e. The zero-order valence-corrected chi connectivity index (χ0v) is 17.5. The molecule has 2 aromatic carbocycles. The maximum Gasteiger partial charge on any atom is 0.414 e. The summed E-state index contributed by atoms with van der Waals surface area (Å²) in [4.78, 5) is 14.4. The molecule has 0 bridgehead atoms. The van der Waals surface area contributed by atoms with Gasteiger partial charge in [0.05, 0.1) is 16.8 Å². The average molecular weight is 438 g/mol. The molecule has 146 valence electrons. The van der Waals surface area contributed by atoms with Crippen molar-refractivity contribution >= 4 is 38.5 Å². The second-order valence-electron chi connectivity index (χ2n) is 7.47. The van der Waals surface area contributed by atoms with E-state index in [1.54, 1.807) is 12.0 Å².